The number of thiophene rings is 1. The molecule has 1 heterocycles. The number of aromatic hydroxyl groups is 1. The second kappa shape index (κ2) is 8.17. The molecule has 1 aromatic carbocycles. The Bertz CT molecular complexity index is 637. The molecule has 3 rings (SSSR count). The zero-order valence-electron chi connectivity index (χ0n) is 14.9. The Labute approximate surface area is 150 Å². The normalized spacial score (nSPS) is 18.5. The van der Waals surface area contributed by atoms with Crippen molar-refractivity contribution in [2.45, 2.75) is 57.9 Å². The van der Waals surface area contributed by atoms with Gasteiger partial charge in [-0.05, 0) is 67.3 Å². The van der Waals surface area contributed by atoms with E-state index in [-0.39, 0.29) is 0 Å². The lowest BCUT2D eigenvalue weighted by Gasteiger charge is -2.37. The van der Waals surface area contributed by atoms with E-state index in [1.807, 2.05) is 23.5 Å². The molecule has 0 amide bonds. The molecule has 24 heavy (non-hydrogen) atoms. The topological polar surface area (TPSA) is 23.5 Å². The summed E-state index contributed by atoms with van der Waals surface area (Å²) in [5, 5.41) is 12.3. The molecular formula is C21H29NOS. The van der Waals surface area contributed by atoms with Gasteiger partial charge in [-0.15, -0.1) is 11.3 Å². The van der Waals surface area contributed by atoms with Crippen molar-refractivity contribution in [1.82, 2.24) is 4.90 Å². The summed E-state index contributed by atoms with van der Waals surface area (Å²) in [6.45, 7) is 6.91. The van der Waals surface area contributed by atoms with Crippen LogP contribution in [0.2, 0.25) is 0 Å². The average molecular weight is 344 g/mol. The lowest BCUT2D eigenvalue weighted by atomic mass is 9.86. The van der Waals surface area contributed by atoms with Gasteiger partial charge in [-0.2, -0.15) is 0 Å². The van der Waals surface area contributed by atoms with Gasteiger partial charge in [-0.1, -0.05) is 32.0 Å². The molecule has 2 atom stereocenters. The van der Waals surface area contributed by atoms with Crippen molar-refractivity contribution >= 4 is 11.3 Å². The Balaban J connectivity index is 1.74. The first-order valence-electron chi connectivity index (χ1n) is 9.30. The summed E-state index contributed by atoms with van der Waals surface area (Å²) in [5.41, 5.74) is 2.52. The molecule has 0 bridgehead atoms. The van der Waals surface area contributed by atoms with Crippen LogP contribution in [0.3, 0.4) is 0 Å². The maximum atomic E-state index is 10.1. The summed E-state index contributed by atoms with van der Waals surface area (Å²) in [5.74, 6) is 1.13. The quantitative estimate of drug-likeness (QED) is 0.745. The molecule has 0 saturated heterocycles. The van der Waals surface area contributed by atoms with Crippen LogP contribution in [0.5, 0.6) is 5.75 Å². The molecular weight excluding hydrogens is 314 g/mol. The first kappa shape index (κ1) is 17.5. The molecule has 1 aliphatic rings. The minimum Gasteiger partial charge on any atom is -0.508 e. The van der Waals surface area contributed by atoms with Gasteiger partial charge >= 0.3 is 0 Å². The van der Waals surface area contributed by atoms with Crippen LogP contribution >= 0.6 is 11.3 Å². The maximum absolute atomic E-state index is 10.1. The fourth-order valence-electron chi connectivity index (χ4n) is 4.02. The van der Waals surface area contributed by atoms with Crippen molar-refractivity contribution in [3.63, 3.8) is 0 Å². The number of nitrogens with zero attached hydrogens (tertiary/aromatic N) is 1. The van der Waals surface area contributed by atoms with Crippen molar-refractivity contribution in [3.8, 4) is 5.75 Å². The third kappa shape index (κ3) is 3.84. The van der Waals surface area contributed by atoms with Gasteiger partial charge in [0, 0.05) is 23.4 Å². The van der Waals surface area contributed by atoms with Gasteiger partial charge in [-0.25, -0.2) is 0 Å². The van der Waals surface area contributed by atoms with Gasteiger partial charge in [0.2, 0.25) is 0 Å². The molecule has 130 valence electrons. The van der Waals surface area contributed by atoms with E-state index in [0.717, 1.165) is 25.8 Å². The van der Waals surface area contributed by atoms with E-state index in [1.165, 1.54) is 35.4 Å². The average Bonchev–Trinajstić information content (AvgIpc) is 3.13. The third-order valence-corrected chi connectivity index (χ3v) is 6.39. The van der Waals surface area contributed by atoms with E-state index >= 15 is 0 Å². The Morgan fingerprint density at radius 2 is 2.12 bits per heavy atom. The molecule has 2 nitrogen and oxygen atoms in total. The predicted molar refractivity (Wildman–Crippen MR) is 103 cm³/mol. The summed E-state index contributed by atoms with van der Waals surface area (Å²) in [7, 11) is 0. The molecule has 0 aliphatic heterocycles. The lowest BCUT2D eigenvalue weighted by molar-refractivity contribution is 0.167. The van der Waals surface area contributed by atoms with Crippen molar-refractivity contribution in [2.24, 2.45) is 0 Å². The molecule has 0 fully saturated rings. The highest BCUT2D eigenvalue weighted by Gasteiger charge is 2.27. The van der Waals surface area contributed by atoms with Crippen LogP contribution < -0.4 is 0 Å². The first-order valence-corrected chi connectivity index (χ1v) is 10.2. The van der Waals surface area contributed by atoms with Crippen LogP contribution in [-0.4, -0.2) is 29.1 Å². The minimum atomic E-state index is 0.484. The molecule has 0 saturated carbocycles. The monoisotopic (exact) mass is 343 g/mol. The largest absolute Gasteiger partial charge is 0.508 e. The van der Waals surface area contributed by atoms with Gasteiger partial charge in [0.25, 0.3) is 0 Å². The van der Waals surface area contributed by atoms with Gasteiger partial charge in [0.05, 0.1) is 0 Å². The highest BCUT2D eigenvalue weighted by atomic mass is 32.1. The van der Waals surface area contributed by atoms with Gasteiger partial charge in [0.15, 0.2) is 0 Å². The van der Waals surface area contributed by atoms with E-state index < -0.39 is 0 Å². The van der Waals surface area contributed by atoms with Crippen LogP contribution in [0.15, 0.2) is 35.7 Å². The zero-order valence-corrected chi connectivity index (χ0v) is 15.7. The Morgan fingerprint density at radius 1 is 1.25 bits per heavy atom. The number of benzene rings is 1. The van der Waals surface area contributed by atoms with Crippen LogP contribution in [0.4, 0.5) is 0 Å². The molecule has 1 N–H and O–H groups in total. The molecule has 2 aromatic rings. The van der Waals surface area contributed by atoms with Gasteiger partial charge < -0.3 is 5.11 Å². The predicted octanol–water partition coefficient (Wildman–Crippen LogP) is 5.22. The summed E-state index contributed by atoms with van der Waals surface area (Å²) in [6.07, 6.45) is 5.63. The van der Waals surface area contributed by atoms with E-state index in [9.17, 15) is 5.11 Å². The number of rotatable bonds is 7. The number of phenolic OH excluding ortho intramolecular Hbond substituents is 1. The van der Waals surface area contributed by atoms with Crippen LogP contribution in [0.1, 0.15) is 55.0 Å². The summed E-state index contributed by atoms with van der Waals surface area (Å²) in [4.78, 5) is 4.23. The number of fused-ring (bicyclic) bond motifs is 1. The smallest absolute Gasteiger partial charge is 0.119 e. The highest BCUT2D eigenvalue weighted by Crippen LogP contribution is 2.32. The van der Waals surface area contributed by atoms with E-state index in [1.54, 1.807) is 0 Å². The molecule has 1 unspecified atom stereocenters. The molecule has 3 heteroatoms. The SMILES string of the molecule is CCCN(CC(CC)c1cccs1)[C@H]1CCc2c(O)cccc2C1. The minimum absolute atomic E-state index is 0.484. The summed E-state index contributed by atoms with van der Waals surface area (Å²) in [6, 6.07) is 11.1. The molecule has 1 aromatic heterocycles. The Hall–Kier alpha value is -1.32. The second-order valence-corrected chi connectivity index (χ2v) is 7.91. The third-order valence-electron chi connectivity index (χ3n) is 5.35. The van der Waals surface area contributed by atoms with E-state index in [0.29, 0.717) is 17.7 Å². The fraction of sp³-hybridized carbons (Fsp3) is 0.524. The fourth-order valence-corrected chi connectivity index (χ4v) is 4.92. The first-order chi connectivity index (χ1) is 11.7. The summed E-state index contributed by atoms with van der Waals surface area (Å²) < 4.78 is 0. The van der Waals surface area contributed by atoms with Crippen LogP contribution in [0.25, 0.3) is 0 Å². The van der Waals surface area contributed by atoms with Crippen molar-refractivity contribution in [1.29, 1.82) is 0 Å². The Kier molecular flexibility index (Phi) is 5.96. The lowest BCUT2D eigenvalue weighted by Crippen LogP contribution is -2.42. The van der Waals surface area contributed by atoms with Crippen LogP contribution in [-0.2, 0) is 12.8 Å². The van der Waals surface area contributed by atoms with Crippen molar-refractivity contribution < 1.29 is 5.11 Å². The van der Waals surface area contributed by atoms with Crippen molar-refractivity contribution in [2.75, 3.05) is 13.1 Å². The molecule has 1 aliphatic carbocycles. The number of hydrogen-bond donors (Lipinski definition) is 1. The maximum Gasteiger partial charge on any atom is 0.119 e. The Morgan fingerprint density at radius 3 is 2.83 bits per heavy atom. The highest BCUT2D eigenvalue weighted by molar-refractivity contribution is 7.10. The van der Waals surface area contributed by atoms with Crippen molar-refractivity contribution in [3.05, 3.63) is 51.7 Å². The second-order valence-electron chi connectivity index (χ2n) is 6.93. The van der Waals surface area contributed by atoms with Crippen LogP contribution in [0, 0.1) is 0 Å². The molecule has 0 radical (unpaired) electrons. The van der Waals surface area contributed by atoms with E-state index in [4.69, 9.17) is 0 Å². The number of hydrogen-bond acceptors (Lipinski definition) is 3. The standard InChI is InChI=1S/C21H29NOS/c1-3-12-22(15-16(4-2)21-9-6-13-24-21)18-10-11-19-17(14-18)7-5-8-20(19)23/h5-9,13,16,18,23H,3-4,10-12,14-15H2,1-2H3/t16?,18-/m0/s1. The molecule has 0 spiro atoms. The van der Waals surface area contributed by atoms with Gasteiger partial charge in [-0.3, -0.25) is 4.90 Å². The zero-order chi connectivity index (χ0) is 16.9. The van der Waals surface area contributed by atoms with E-state index in [2.05, 4.69) is 42.3 Å². The number of phenols is 1. The summed E-state index contributed by atoms with van der Waals surface area (Å²) >= 11 is 1.89. The van der Waals surface area contributed by atoms with Gasteiger partial charge in [0.1, 0.15) is 5.75 Å².